The summed E-state index contributed by atoms with van der Waals surface area (Å²) in [6, 6.07) is 15.6. The van der Waals surface area contributed by atoms with Gasteiger partial charge in [-0.15, -0.1) is 0 Å². The molecule has 0 atom stereocenters. The Kier molecular flexibility index (Phi) is 5.69. The lowest BCUT2D eigenvalue weighted by Crippen LogP contribution is -2.12. The van der Waals surface area contributed by atoms with Gasteiger partial charge in [0.25, 0.3) is 0 Å². The van der Waals surface area contributed by atoms with E-state index in [1.165, 1.54) is 5.57 Å². The Labute approximate surface area is 153 Å². The zero-order valence-electron chi connectivity index (χ0n) is 15.1. The Hall–Kier alpha value is -3.08. The highest BCUT2D eigenvalue weighted by molar-refractivity contribution is 5.99. The van der Waals surface area contributed by atoms with Gasteiger partial charge in [-0.2, -0.15) is 5.10 Å². The van der Waals surface area contributed by atoms with E-state index in [0.717, 1.165) is 22.2 Å². The van der Waals surface area contributed by atoms with Crippen LogP contribution in [-0.2, 0) is 11.2 Å². The number of aromatic nitrogens is 2. The van der Waals surface area contributed by atoms with E-state index in [2.05, 4.69) is 15.5 Å². The number of anilines is 1. The van der Waals surface area contributed by atoms with Crippen LogP contribution in [-0.4, -0.2) is 22.7 Å². The van der Waals surface area contributed by atoms with Gasteiger partial charge in [0.1, 0.15) is 12.4 Å². The first-order valence-corrected chi connectivity index (χ1v) is 8.70. The van der Waals surface area contributed by atoms with Crippen molar-refractivity contribution in [2.45, 2.75) is 26.7 Å². The molecule has 0 bridgehead atoms. The molecule has 0 aliphatic heterocycles. The Morgan fingerprint density at radius 3 is 2.77 bits per heavy atom. The summed E-state index contributed by atoms with van der Waals surface area (Å²) >= 11 is 0. The summed E-state index contributed by atoms with van der Waals surface area (Å²) in [5.41, 5.74) is 3.19. The minimum atomic E-state index is -0.0499. The van der Waals surface area contributed by atoms with Gasteiger partial charge in [0.05, 0.1) is 5.52 Å². The number of benzene rings is 2. The molecule has 0 radical (unpaired) electrons. The molecule has 0 saturated heterocycles. The second-order valence-corrected chi connectivity index (χ2v) is 6.41. The molecule has 3 aromatic rings. The van der Waals surface area contributed by atoms with Gasteiger partial charge in [-0.05, 0) is 44.0 Å². The van der Waals surface area contributed by atoms with Crippen LogP contribution in [0.1, 0.15) is 25.8 Å². The van der Waals surface area contributed by atoms with Crippen molar-refractivity contribution in [1.82, 2.24) is 10.2 Å². The minimum absolute atomic E-state index is 0.0499. The van der Waals surface area contributed by atoms with Crippen LogP contribution in [0.5, 0.6) is 5.75 Å². The number of H-pyrrole nitrogens is 1. The van der Waals surface area contributed by atoms with Gasteiger partial charge in [-0.1, -0.05) is 35.9 Å². The molecule has 5 nitrogen and oxygen atoms in total. The summed E-state index contributed by atoms with van der Waals surface area (Å²) in [6.45, 7) is 4.60. The van der Waals surface area contributed by atoms with E-state index >= 15 is 0 Å². The van der Waals surface area contributed by atoms with E-state index in [9.17, 15) is 4.79 Å². The predicted octanol–water partition coefficient (Wildman–Crippen LogP) is 4.48. The molecule has 0 saturated carbocycles. The van der Waals surface area contributed by atoms with Crippen LogP contribution in [0.15, 0.2) is 60.2 Å². The van der Waals surface area contributed by atoms with E-state index < -0.39 is 0 Å². The molecule has 2 aromatic carbocycles. The second kappa shape index (κ2) is 8.34. The Balaban J connectivity index is 1.61. The van der Waals surface area contributed by atoms with Crippen LogP contribution in [0.4, 0.5) is 5.82 Å². The van der Waals surface area contributed by atoms with Crippen molar-refractivity contribution in [3.8, 4) is 5.75 Å². The molecule has 0 spiro atoms. The molecule has 3 rings (SSSR count). The van der Waals surface area contributed by atoms with Gasteiger partial charge in [-0.3, -0.25) is 9.89 Å². The number of hydrogen-bond acceptors (Lipinski definition) is 3. The number of amides is 1. The van der Waals surface area contributed by atoms with Gasteiger partial charge < -0.3 is 10.1 Å². The lowest BCUT2D eigenvalue weighted by molar-refractivity contribution is -0.116. The maximum atomic E-state index is 12.2. The van der Waals surface area contributed by atoms with Crippen LogP contribution in [0.25, 0.3) is 10.9 Å². The van der Waals surface area contributed by atoms with Gasteiger partial charge in [0.15, 0.2) is 5.82 Å². The van der Waals surface area contributed by atoms with Gasteiger partial charge in [-0.25, -0.2) is 0 Å². The number of ether oxygens (including phenoxy) is 1. The normalized spacial score (nSPS) is 10.5. The standard InChI is InChI=1S/C21H23N3O2/c1-15(2)12-13-26-17-9-10-18-19(14-17)23-24-21(18)22-20(25)11-8-16-6-4-3-5-7-16/h3-7,9-10,12,14H,8,11,13H2,1-2H3,(H2,22,23,24,25). The molecular weight excluding hydrogens is 326 g/mol. The Bertz CT molecular complexity index is 909. The molecule has 0 unspecified atom stereocenters. The molecule has 1 aromatic heterocycles. The SMILES string of the molecule is CC(C)=CCOc1ccc2c(NC(=O)CCc3ccccc3)n[nH]c2c1. The number of nitrogens with one attached hydrogen (secondary N) is 2. The zero-order valence-corrected chi connectivity index (χ0v) is 15.1. The van der Waals surface area contributed by atoms with Gasteiger partial charge in [0.2, 0.25) is 5.91 Å². The number of aromatic amines is 1. The lowest BCUT2D eigenvalue weighted by Gasteiger charge is -2.05. The maximum Gasteiger partial charge on any atom is 0.225 e. The van der Waals surface area contributed by atoms with Crippen LogP contribution < -0.4 is 10.1 Å². The Morgan fingerprint density at radius 1 is 1.19 bits per heavy atom. The molecule has 26 heavy (non-hydrogen) atoms. The third-order valence-electron chi connectivity index (χ3n) is 4.02. The molecule has 0 fully saturated rings. The number of nitrogens with zero attached hydrogens (tertiary/aromatic N) is 1. The molecule has 1 heterocycles. The maximum absolute atomic E-state index is 12.2. The zero-order chi connectivity index (χ0) is 18.4. The molecule has 2 N–H and O–H groups in total. The van der Waals surface area contributed by atoms with Gasteiger partial charge >= 0.3 is 0 Å². The van der Waals surface area contributed by atoms with Crippen LogP contribution in [0.3, 0.4) is 0 Å². The average Bonchev–Trinajstić information content (AvgIpc) is 3.03. The van der Waals surface area contributed by atoms with E-state index in [-0.39, 0.29) is 5.91 Å². The molecule has 134 valence electrons. The highest BCUT2D eigenvalue weighted by Crippen LogP contribution is 2.25. The van der Waals surface area contributed by atoms with Crippen molar-refractivity contribution in [1.29, 1.82) is 0 Å². The first kappa shape index (κ1) is 17.7. The van der Waals surface area contributed by atoms with E-state index in [0.29, 0.717) is 25.3 Å². The number of carbonyl (C=O) groups excluding carboxylic acids is 1. The minimum Gasteiger partial charge on any atom is -0.489 e. The van der Waals surface area contributed by atoms with Crippen molar-refractivity contribution >= 4 is 22.6 Å². The smallest absolute Gasteiger partial charge is 0.225 e. The van der Waals surface area contributed by atoms with E-state index in [4.69, 9.17) is 4.74 Å². The summed E-state index contributed by atoms with van der Waals surface area (Å²) in [6.07, 6.45) is 3.15. The van der Waals surface area contributed by atoms with Gasteiger partial charge in [0, 0.05) is 17.9 Å². The first-order valence-electron chi connectivity index (χ1n) is 8.70. The summed E-state index contributed by atoms with van der Waals surface area (Å²) in [5, 5.41) is 10.9. The summed E-state index contributed by atoms with van der Waals surface area (Å²) < 4.78 is 5.69. The first-order chi connectivity index (χ1) is 12.6. The van der Waals surface area contributed by atoms with Crippen LogP contribution >= 0.6 is 0 Å². The number of allylic oxidation sites excluding steroid dienone is 1. The lowest BCUT2D eigenvalue weighted by atomic mass is 10.1. The highest BCUT2D eigenvalue weighted by atomic mass is 16.5. The second-order valence-electron chi connectivity index (χ2n) is 6.41. The Morgan fingerprint density at radius 2 is 2.00 bits per heavy atom. The topological polar surface area (TPSA) is 67.0 Å². The fourth-order valence-electron chi connectivity index (χ4n) is 2.59. The molecule has 0 aliphatic rings. The van der Waals surface area contributed by atoms with Crippen LogP contribution in [0, 0.1) is 0 Å². The van der Waals surface area contributed by atoms with Crippen molar-refractivity contribution in [3.63, 3.8) is 0 Å². The largest absolute Gasteiger partial charge is 0.489 e. The summed E-state index contributed by atoms with van der Waals surface area (Å²) in [4.78, 5) is 12.2. The summed E-state index contributed by atoms with van der Waals surface area (Å²) in [5.74, 6) is 1.26. The average molecular weight is 349 g/mol. The van der Waals surface area contributed by atoms with E-state index in [1.807, 2.05) is 68.5 Å². The third kappa shape index (κ3) is 4.72. The highest BCUT2D eigenvalue weighted by Gasteiger charge is 2.10. The number of aryl methyl sites for hydroxylation is 1. The van der Waals surface area contributed by atoms with E-state index in [1.54, 1.807) is 0 Å². The van der Waals surface area contributed by atoms with Crippen LogP contribution in [0.2, 0.25) is 0 Å². The molecule has 0 aliphatic carbocycles. The number of fused-ring (bicyclic) bond motifs is 1. The number of hydrogen-bond donors (Lipinski definition) is 2. The quantitative estimate of drug-likeness (QED) is 0.618. The number of carbonyl (C=O) groups is 1. The number of rotatable bonds is 7. The summed E-state index contributed by atoms with van der Waals surface area (Å²) in [7, 11) is 0. The van der Waals surface area contributed by atoms with Crippen molar-refractivity contribution in [2.24, 2.45) is 0 Å². The third-order valence-corrected chi connectivity index (χ3v) is 4.02. The molecular formula is C21H23N3O2. The van der Waals surface area contributed by atoms with Crippen molar-refractivity contribution in [3.05, 3.63) is 65.7 Å². The monoisotopic (exact) mass is 349 g/mol. The van der Waals surface area contributed by atoms with Crippen molar-refractivity contribution < 1.29 is 9.53 Å². The molecule has 1 amide bonds. The molecule has 5 heteroatoms. The van der Waals surface area contributed by atoms with Crippen molar-refractivity contribution in [2.75, 3.05) is 11.9 Å². The predicted molar refractivity (Wildman–Crippen MR) is 104 cm³/mol. The fourth-order valence-corrected chi connectivity index (χ4v) is 2.59. The fraction of sp³-hybridized carbons (Fsp3) is 0.238.